The largest absolute Gasteiger partial charge is 0.354 e. The van der Waals surface area contributed by atoms with Crippen LogP contribution in [0.25, 0.3) is 38.8 Å². The maximum atomic E-state index is 13.2. The molecule has 10 nitrogen and oxygen atoms in total. The van der Waals surface area contributed by atoms with Crippen molar-refractivity contribution in [2.45, 2.75) is 18.9 Å². The first-order valence-electron chi connectivity index (χ1n) is 14.4. The van der Waals surface area contributed by atoms with Gasteiger partial charge in [-0.1, -0.05) is 0 Å². The van der Waals surface area contributed by atoms with Crippen LogP contribution in [0.15, 0.2) is 61.3 Å². The molecule has 10 heteroatoms. The Kier molecular flexibility index (Phi) is 6.64. The van der Waals surface area contributed by atoms with Gasteiger partial charge in [0.05, 0.1) is 17.3 Å². The van der Waals surface area contributed by atoms with Crippen LogP contribution in [0, 0.1) is 0 Å². The lowest BCUT2D eigenvalue weighted by Crippen LogP contribution is -2.44. The zero-order valence-electron chi connectivity index (χ0n) is 23.5. The van der Waals surface area contributed by atoms with Crippen molar-refractivity contribution in [1.82, 2.24) is 39.7 Å². The molecule has 1 amide bonds. The van der Waals surface area contributed by atoms with E-state index in [9.17, 15) is 4.79 Å². The highest BCUT2D eigenvalue weighted by Gasteiger charge is 2.22. The minimum absolute atomic E-state index is 0.0663. The summed E-state index contributed by atoms with van der Waals surface area (Å²) in [6.07, 6.45) is 11.3. The molecule has 0 bridgehead atoms. The van der Waals surface area contributed by atoms with E-state index >= 15 is 0 Å². The van der Waals surface area contributed by atoms with Crippen LogP contribution in [0.1, 0.15) is 23.2 Å². The molecule has 0 aliphatic carbocycles. The number of likely N-dealkylation sites (tertiary alicyclic amines) is 1. The van der Waals surface area contributed by atoms with Gasteiger partial charge in [0.2, 0.25) is 0 Å². The van der Waals surface area contributed by atoms with Crippen molar-refractivity contribution in [3.8, 4) is 22.3 Å². The van der Waals surface area contributed by atoms with Crippen LogP contribution in [0.5, 0.6) is 0 Å². The number of aromatic nitrogens is 5. The van der Waals surface area contributed by atoms with E-state index < -0.39 is 0 Å². The number of pyridine rings is 3. The molecule has 0 atom stereocenters. The highest BCUT2D eigenvalue weighted by Crippen LogP contribution is 2.33. The summed E-state index contributed by atoms with van der Waals surface area (Å²) >= 11 is 0. The maximum Gasteiger partial charge on any atom is 0.255 e. The number of piperazine rings is 1. The Morgan fingerprint density at radius 3 is 2.54 bits per heavy atom. The minimum atomic E-state index is -0.0663. The second kappa shape index (κ2) is 10.6. The molecule has 7 heterocycles. The minimum Gasteiger partial charge on any atom is -0.354 e. The fourth-order valence-corrected chi connectivity index (χ4v) is 5.95. The summed E-state index contributed by atoms with van der Waals surface area (Å²) in [4.78, 5) is 32.9. The zero-order valence-corrected chi connectivity index (χ0v) is 23.5. The SMILES string of the molecule is CN1CCC(NC(=O)c2cnn3ccc(-c4c[nH]c5ncc(-c6ccnc(N7CCN(C)CC7)c6)cc45)cc23)CC1. The second-order valence-electron chi connectivity index (χ2n) is 11.4. The fraction of sp³-hybridized carbons (Fsp3) is 0.355. The molecule has 0 radical (unpaired) electrons. The van der Waals surface area contributed by atoms with E-state index in [1.807, 2.05) is 43.0 Å². The number of hydrogen-bond donors (Lipinski definition) is 2. The lowest BCUT2D eigenvalue weighted by molar-refractivity contribution is 0.0918. The number of carbonyl (C=O) groups excluding carboxylic acids is 1. The van der Waals surface area contributed by atoms with Crippen LogP contribution in [0.2, 0.25) is 0 Å². The molecule has 0 unspecified atom stereocenters. The molecule has 5 aromatic rings. The van der Waals surface area contributed by atoms with Crippen molar-refractivity contribution in [1.29, 1.82) is 0 Å². The van der Waals surface area contributed by atoms with Crippen molar-refractivity contribution >= 4 is 28.3 Å². The average Bonchev–Trinajstić information content (AvgIpc) is 3.62. The summed E-state index contributed by atoms with van der Waals surface area (Å²) in [6.45, 7) is 6.02. The fourth-order valence-electron chi connectivity index (χ4n) is 5.95. The van der Waals surface area contributed by atoms with Crippen LogP contribution in [-0.2, 0) is 0 Å². The third-order valence-corrected chi connectivity index (χ3v) is 8.57. The predicted molar refractivity (Wildman–Crippen MR) is 161 cm³/mol. The van der Waals surface area contributed by atoms with Crippen LogP contribution in [0.3, 0.4) is 0 Å². The Bertz CT molecular complexity index is 1710. The molecule has 2 N–H and O–H groups in total. The molecule has 7 rings (SSSR count). The number of rotatable bonds is 5. The van der Waals surface area contributed by atoms with E-state index in [4.69, 9.17) is 4.98 Å². The number of H-pyrrole nitrogens is 1. The van der Waals surface area contributed by atoms with Gasteiger partial charge in [-0.05, 0) is 81.5 Å². The summed E-state index contributed by atoms with van der Waals surface area (Å²) in [5.74, 6) is 0.936. The van der Waals surface area contributed by atoms with E-state index in [0.29, 0.717) is 5.56 Å². The first kappa shape index (κ1) is 25.7. The number of piperidine rings is 1. The second-order valence-corrected chi connectivity index (χ2v) is 11.4. The van der Waals surface area contributed by atoms with Crippen molar-refractivity contribution < 1.29 is 4.79 Å². The standard InChI is InChI=1S/C31H35N9O/c1-37-8-5-24(6-9-37)36-31(41)27-20-35-40-10-4-22(16-28(27)40)26-19-34-30-25(26)15-23(18-33-30)21-3-7-32-29(17-21)39-13-11-38(2)12-14-39/h3-4,7,10,15-20,24H,5-6,8-9,11-14H2,1-2H3,(H,33,34)(H,36,41). The third kappa shape index (κ3) is 5.05. The molecule has 41 heavy (non-hydrogen) atoms. The summed E-state index contributed by atoms with van der Waals surface area (Å²) in [6, 6.07) is 10.7. The van der Waals surface area contributed by atoms with Crippen molar-refractivity contribution in [3.63, 3.8) is 0 Å². The van der Waals surface area contributed by atoms with Gasteiger partial charge in [0.1, 0.15) is 11.5 Å². The molecule has 2 fully saturated rings. The molecule has 2 saturated heterocycles. The van der Waals surface area contributed by atoms with Crippen LogP contribution in [0.4, 0.5) is 5.82 Å². The molecule has 210 valence electrons. The van der Waals surface area contributed by atoms with Gasteiger partial charge < -0.3 is 25.0 Å². The summed E-state index contributed by atoms with van der Waals surface area (Å²) in [7, 11) is 4.28. The number of nitrogens with one attached hydrogen (secondary N) is 2. The summed E-state index contributed by atoms with van der Waals surface area (Å²) in [5.41, 5.74) is 6.38. The van der Waals surface area contributed by atoms with Gasteiger partial charge >= 0.3 is 0 Å². The first-order valence-corrected chi connectivity index (χ1v) is 14.4. The Hall–Kier alpha value is -4.28. The van der Waals surface area contributed by atoms with E-state index in [0.717, 1.165) is 96.7 Å². The van der Waals surface area contributed by atoms with Crippen LogP contribution in [-0.4, -0.2) is 99.7 Å². The van der Waals surface area contributed by atoms with Crippen molar-refractivity contribution in [3.05, 3.63) is 66.9 Å². The molecule has 2 aliphatic rings. The van der Waals surface area contributed by atoms with Crippen LogP contribution >= 0.6 is 0 Å². The number of carbonyl (C=O) groups is 1. The number of fused-ring (bicyclic) bond motifs is 2. The molecule has 0 saturated carbocycles. The van der Waals surface area contributed by atoms with Crippen LogP contribution < -0.4 is 10.2 Å². The number of hydrogen-bond acceptors (Lipinski definition) is 7. The Morgan fingerprint density at radius 1 is 0.902 bits per heavy atom. The van der Waals surface area contributed by atoms with E-state index in [2.05, 4.69) is 61.3 Å². The number of nitrogens with zero attached hydrogens (tertiary/aromatic N) is 7. The maximum absolute atomic E-state index is 13.2. The number of anilines is 1. The molecule has 5 aromatic heterocycles. The Balaban J connectivity index is 1.19. The van der Waals surface area contributed by atoms with Gasteiger partial charge in [-0.15, -0.1) is 0 Å². The Morgan fingerprint density at radius 2 is 1.71 bits per heavy atom. The molecule has 2 aliphatic heterocycles. The van der Waals surface area contributed by atoms with Gasteiger partial charge in [0, 0.05) is 73.5 Å². The predicted octanol–water partition coefficient (Wildman–Crippen LogP) is 3.52. The number of likely N-dealkylation sites (N-methyl/N-ethyl adjacent to an activating group) is 1. The lowest BCUT2D eigenvalue weighted by Gasteiger charge is -2.33. The molecular weight excluding hydrogens is 514 g/mol. The first-order chi connectivity index (χ1) is 20.0. The third-order valence-electron chi connectivity index (χ3n) is 8.57. The molecule has 0 aromatic carbocycles. The number of amides is 1. The zero-order chi connectivity index (χ0) is 27.9. The van der Waals surface area contributed by atoms with E-state index in [1.165, 1.54) is 0 Å². The smallest absolute Gasteiger partial charge is 0.255 e. The van der Waals surface area contributed by atoms with E-state index in [1.54, 1.807) is 10.7 Å². The van der Waals surface area contributed by atoms with Crippen molar-refractivity contribution in [2.24, 2.45) is 0 Å². The molecule has 0 spiro atoms. The van der Waals surface area contributed by atoms with Crippen molar-refractivity contribution in [2.75, 3.05) is 58.3 Å². The van der Waals surface area contributed by atoms with Gasteiger partial charge in [0.15, 0.2) is 0 Å². The monoisotopic (exact) mass is 549 g/mol. The molecular formula is C31H35N9O. The quantitative estimate of drug-likeness (QED) is 0.346. The highest BCUT2D eigenvalue weighted by molar-refractivity contribution is 6.02. The summed E-state index contributed by atoms with van der Waals surface area (Å²) < 4.78 is 1.77. The summed E-state index contributed by atoms with van der Waals surface area (Å²) in [5, 5.41) is 8.71. The number of aromatic amines is 1. The average molecular weight is 550 g/mol. The van der Waals surface area contributed by atoms with Gasteiger partial charge in [-0.3, -0.25) is 4.79 Å². The topological polar surface area (TPSA) is 97.7 Å². The van der Waals surface area contributed by atoms with E-state index in [-0.39, 0.29) is 11.9 Å². The van der Waals surface area contributed by atoms with Gasteiger partial charge in [-0.2, -0.15) is 5.10 Å². The normalized spacial score (nSPS) is 17.5. The van der Waals surface area contributed by atoms with Gasteiger partial charge in [-0.25, -0.2) is 14.5 Å². The lowest BCUT2D eigenvalue weighted by atomic mass is 10.0. The van der Waals surface area contributed by atoms with Gasteiger partial charge in [0.25, 0.3) is 5.91 Å². The highest BCUT2D eigenvalue weighted by atomic mass is 16.1. The Labute approximate surface area is 239 Å².